The molecule has 0 aliphatic carbocycles. The summed E-state index contributed by atoms with van der Waals surface area (Å²) < 4.78 is 5.26. The molecule has 0 radical (unpaired) electrons. The van der Waals surface area contributed by atoms with Crippen LogP contribution in [0.25, 0.3) is 0 Å². The highest BCUT2D eigenvalue weighted by molar-refractivity contribution is 5.87. The molecule has 0 spiro atoms. The largest absolute Gasteiger partial charge is 0.504 e. The van der Waals surface area contributed by atoms with Crippen LogP contribution in [-0.2, 0) is 4.79 Å². The van der Waals surface area contributed by atoms with Crippen LogP contribution in [0.2, 0.25) is 0 Å². The Hall–Kier alpha value is -2.86. The second kappa shape index (κ2) is 7.95. The molecule has 6 nitrogen and oxygen atoms in total. The van der Waals surface area contributed by atoms with E-state index in [1.54, 1.807) is 48.5 Å². The summed E-state index contributed by atoms with van der Waals surface area (Å²) in [5, 5.41) is 23.6. The van der Waals surface area contributed by atoms with E-state index in [0.717, 1.165) is 0 Å². The van der Waals surface area contributed by atoms with Crippen LogP contribution in [0, 0.1) is 0 Å². The number of ether oxygens (including phenoxy) is 1. The number of benzene rings is 2. The lowest BCUT2D eigenvalue weighted by Gasteiger charge is -2.09. The highest BCUT2D eigenvalue weighted by Crippen LogP contribution is 2.28. The number of phenols is 1. The summed E-state index contributed by atoms with van der Waals surface area (Å²) in [6.45, 7) is 2.24. The van der Waals surface area contributed by atoms with Gasteiger partial charge in [0.25, 0.3) is 5.91 Å². The lowest BCUT2D eigenvalue weighted by molar-refractivity contribution is -0.129. The number of rotatable bonds is 6. The van der Waals surface area contributed by atoms with Crippen molar-refractivity contribution in [2.75, 3.05) is 6.61 Å². The van der Waals surface area contributed by atoms with E-state index < -0.39 is 12.0 Å². The molecule has 1 unspecified atom stereocenters. The number of carbonyl (C=O) groups is 1. The molecule has 0 saturated carbocycles. The molecule has 0 heterocycles. The van der Waals surface area contributed by atoms with Gasteiger partial charge in [0, 0.05) is 5.56 Å². The van der Waals surface area contributed by atoms with Gasteiger partial charge in [0.2, 0.25) is 0 Å². The Kier molecular flexibility index (Phi) is 5.71. The molecular formula is C17H18N2O4. The molecule has 120 valence electrons. The predicted molar refractivity (Wildman–Crippen MR) is 86.4 cm³/mol. The minimum absolute atomic E-state index is 0.0593. The standard InChI is InChI=1S/C17H18N2O4/c1-2-23-14-10-6-9-13(15(14)20)11-18-19-17(22)16(21)12-7-4-3-5-8-12/h3-11,16,20-21H,2H2,1H3,(H,19,22). The van der Waals surface area contributed by atoms with Crippen LogP contribution in [0.15, 0.2) is 53.6 Å². The van der Waals surface area contributed by atoms with Crippen LogP contribution in [0.3, 0.4) is 0 Å². The van der Waals surface area contributed by atoms with Gasteiger partial charge < -0.3 is 14.9 Å². The Labute approximate surface area is 134 Å². The Bertz CT molecular complexity index is 686. The number of phenolic OH excluding ortho intramolecular Hbond substituents is 1. The summed E-state index contributed by atoms with van der Waals surface area (Å²) in [5.74, 6) is -0.379. The van der Waals surface area contributed by atoms with Crippen molar-refractivity contribution in [3.05, 3.63) is 59.7 Å². The van der Waals surface area contributed by atoms with Crippen LogP contribution >= 0.6 is 0 Å². The number of hydrogen-bond donors (Lipinski definition) is 3. The van der Waals surface area contributed by atoms with Crippen molar-refractivity contribution in [1.82, 2.24) is 5.43 Å². The van der Waals surface area contributed by atoms with Gasteiger partial charge in [0.1, 0.15) is 0 Å². The SMILES string of the molecule is CCOc1cccc(C=NNC(=O)C(O)c2ccccc2)c1O. The second-order valence-electron chi connectivity index (χ2n) is 4.67. The zero-order valence-electron chi connectivity index (χ0n) is 12.6. The molecule has 2 aromatic rings. The van der Waals surface area contributed by atoms with E-state index in [1.807, 2.05) is 6.92 Å². The number of aromatic hydroxyl groups is 1. The fraction of sp³-hybridized carbons (Fsp3) is 0.176. The van der Waals surface area contributed by atoms with Crippen LogP contribution in [0.4, 0.5) is 0 Å². The number of hydrazone groups is 1. The predicted octanol–water partition coefficient (Wildman–Crippen LogP) is 1.97. The Balaban J connectivity index is 2.02. The van der Waals surface area contributed by atoms with Gasteiger partial charge >= 0.3 is 0 Å². The van der Waals surface area contributed by atoms with Gasteiger partial charge in [-0.25, -0.2) is 5.43 Å². The topological polar surface area (TPSA) is 91.2 Å². The minimum Gasteiger partial charge on any atom is -0.504 e. The monoisotopic (exact) mass is 314 g/mol. The third-order valence-electron chi connectivity index (χ3n) is 3.07. The normalized spacial score (nSPS) is 12.1. The number of hydrogen-bond acceptors (Lipinski definition) is 5. The fourth-order valence-corrected chi connectivity index (χ4v) is 1.93. The molecule has 2 rings (SSSR count). The lowest BCUT2D eigenvalue weighted by atomic mass is 10.1. The third-order valence-corrected chi connectivity index (χ3v) is 3.07. The van der Waals surface area contributed by atoms with Crippen molar-refractivity contribution in [3.63, 3.8) is 0 Å². The van der Waals surface area contributed by atoms with Crippen LogP contribution in [0.1, 0.15) is 24.2 Å². The average Bonchev–Trinajstić information content (AvgIpc) is 2.58. The first-order chi connectivity index (χ1) is 11.1. The summed E-state index contributed by atoms with van der Waals surface area (Å²) >= 11 is 0. The van der Waals surface area contributed by atoms with Crippen LogP contribution in [0.5, 0.6) is 11.5 Å². The Morgan fingerprint density at radius 1 is 1.26 bits per heavy atom. The smallest absolute Gasteiger partial charge is 0.273 e. The maximum Gasteiger partial charge on any atom is 0.273 e. The number of nitrogens with one attached hydrogen (secondary N) is 1. The first kappa shape index (κ1) is 16.5. The molecule has 0 fully saturated rings. The fourth-order valence-electron chi connectivity index (χ4n) is 1.93. The van der Waals surface area contributed by atoms with E-state index in [9.17, 15) is 15.0 Å². The number of carbonyl (C=O) groups excluding carboxylic acids is 1. The molecule has 3 N–H and O–H groups in total. The molecule has 0 bridgehead atoms. The summed E-state index contributed by atoms with van der Waals surface area (Å²) in [6.07, 6.45) is -0.0234. The highest BCUT2D eigenvalue weighted by Gasteiger charge is 2.16. The van der Waals surface area contributed by atoms with E-state index in [0.29, 0.717) is 23.5 Å². The summed E-state index contributed by atoms with van der Waals surface area (Å²) in [5.41, 5.74) is 3.10. The molecule has 0 saturated heterocycles. The molecule has 1 amide bonds. The van der Waals surface area contributed by atoms with Gasteiger partial charge in [0.05, 0.1) is 12.8 Å². The van der Waals surface area contributed by atoms with Crippen molar-refractivity contribution >= 4 is 12.1 Å². The molecular weight excluding hydrogens is 296 g/mol. The summed E-state index contributed by atoms with van der Waals surface area (Å²) in [4.78, 5) is 11.8. The van der Waals surface area contributed by atoms with Gasteiger partial charge in [-0.3, -0.25) is 4.79 Å². The minimum atomic E-state index is -1.31. The van der Waals surface area contributed by atoms with E-state index >= 15 is 0 Å². The number of nitrogens with zero attached hydrogens (tertiary/aromatic N) is 1. The number of para-hydroxylation sites is 1. The van der Waals surface area contributed by atoms with Gasteiger partial charge in [0.15, 0.2) is 17.6 Å². The zero-order chi connectivity index (χ0) is 16.7. The summed E-state index contributed by atoms with van der Waals surface area (Å²) in [6, 6.07) is 13.5. The first-order valence-corrected chi connectivity index (χ1v) is 7.14. The van der Waals surface area contributed by atoms with Crippen molar-refractivity contribution in [3.8, 4) is 11.5 Å². The molecule has 0 aromatic heterocycles. The second-order valence-corrected chi connectivity index (χ2v) is 4.67. The maximum atomic E-state index is 11.8. The van der Waals surface area contributed by atoms with Gasteiger partial charge in [-0.15, -0.1) is 0 Å². The van der Waals surface area contributed by atoms with Crippen molar-refractivity contribution in [2.45, 2.75) is 13.0 Å². The first-order valence-electron chi connectivity index (χ1n) is 7.14. The third kappa shape index (κ3) is 4.31. The van der Waals surface area contributed by atoms with Crippen molar-refractivity contribution in [1.29, 1.82) is 0 Å². The van der Waals surface area contributed by atoms with Crippen LogP contribution < -0.4 is 10.2 Å². The molecule has 6 heteroatoms. The Morgan fingerprint density at radius 3 is 2.70 bits per heavy atom. The van der Waals surface area contributed by atoms with Gasteiger partial charge in [-0.05, 0) is 24.6 Å². The van der Waals surface area contributed by atoms with Gasteiger partial charge in [-0.1, -0.05) is 36.4 Å². The maximum absolute atomic E-state index is 11.8. The molecule has 0 aliphatic rings. The number of amides is 1. The number of aliphatic hydroxyl groups is 1. The molecule has 1 atom stereocenters. The highest BCUT2D eigenvalue weighted by atomic mass is 16.5. The number of aliphatic hydroxyl groups excluding tert-OH is 1. The average molecular weight is 314 g/mol. The van der Waals surface area contributed by atoms with Gasteiger partial charge in [-0.2, -0.15) is 5.10 Å². The zero-order valence-corrected chi connectivity index (χ0v) is 12.6. The Morgan fingerprint density at radius 2 is 2.00 bits per heavy atom. The van der Waals surface area contributed by atoms with Crippen LogP contribution in [-0.4, -0.2) is 28.9 Å². The molecule has 2 aromatic carbocycles. The lowest BCUT2D eigenvalue weighted by Crippen LogP contribution is -2.25. The van der Waals surface area contributed by atoms with E-state index in [4.69, 9.17) is 4.74 Å². The van der Waals surface area contributed by atoms with Crippen molar-refractivity contribution in [2.24, 2.45) is 5.10 Å². The van der Waals surface area contributed by atoms with E-state index in [2.05, 4.69) is 10.5 Å². The van der Waals surface area contributed by atoms with E-state index in [1.165, 1.54) is 6.21 Å². The van der Waals surface area contributed by atoms with Crippen molar-refractivity contribution < 1.29 is 19.7 Å². The quantitative estimate of drug-likeness (QED) is 0.561. The molecule has 0 aliphatic heterocycles. The summed E-state index contributed by atoms with van der Waals surface area (Å²) in [7, 11) is 0. The molecule has 23 heavy (non-hydrogen) atoms. The van der Waals surface area contributed by atoms with E-state index in [-0.39, 0.29) is 5.75 Å².